The smallest absolute Gasteiger partial charge is 0.328 e. The minimum Gasteiger partial charge on any atom is -0.478 e. The highest BCUT2D eigenvalue weighted by molar-refractivity contribution is 5.83. The number of carboxylic acids is 1. The monoisotopic (exact) mass is 396 g/mol. The quantitative estimate of drug-likeness (QED) is 0.544. The summed E-state index contributed by atoms with van der Waals surface area (Å²) < 4.78 is 0. The topological polar surface area (TPSA) is 54.4 Å². The number of rotatable bonds is 1. The Morgan fingerprint density at radius 1 is 1.10 bits per heavy atom. The molecular weight excluding hydrogens is 360 g/mol. The molecule has 0 saturated heterocycles. The van der Waals surface area contributed by atoms with Crippen molar-refractivity contribution >= 4 is 11.8 Å². The number of hydrogen-bond donors (Lipinski definition) is 1. The van der Waals surface area contributed by atoms with Gasteiger partial charge in [0, 0.05) is 23.8 Å². The predicted octanol–water partition coefficient (Wildman–Crippen LogP) is 6.11. The predicted molar refractivity (Wildman–Crippen MR) is 115 cm³/mol. The number of Topliss-reactive ketones (excluding diaryl/α,β-unsaturated/α-hetero) is 1. The Hall–Kier alpha value is -1.64. The Bertz CT molecular complexity index is 876. The lowest BCUT2D eigenvalue weighted by atomic mass is 9.35. The van der Waals surface area contributed by atoms with Crippen molar-refractivity contribution < 1.29 is 14.7 Å². The molecule has 0 radical (unpaired) electrons. The van der Waals surface area contributed by atoms with Crippen LogP contribution in [0.2, 0.25) is 0 Å². The average Bonchev–Trinajstić information content (AvgIpc) is 2.62. The Balaban J connectivity index is 1.84. The zero-order valence-electron chi connectivity index (χ0n) is 18.9. The van der Waals surface area contributed by atoms with Crippen LogP contribution in [0.5, 0.6) is 0 Å². The number of aliphatic carboxylic acids is 1. The zero-order chi connectivity index (χ0) is 21.4. The van der Waals surface area contributed by atoms with Crippen LogP contribution in [-0.2, 0) is 9.59 Å². The summed E-state index contributed by atoms with van der Waals surface area (Å²) in [6, 6.07) is 0. The van der Waals surface area contributed by atoms with Gasteiger partial charge in [-0.25, -0.2) is 4.79 Å². The molecule has 3 nitrogen and oxygen atoms in total. The summed E-state index contributed by atoms with van der Waals surface area (Å²) in [5.41, 5.74) is 3.52. The van der Waals surface area contributed by atoms with E-state index in [0.29, 0.717) is 11.7 Å². The van der Waals surface area contributed by atoms with Crippen LogP contribution in [0.1, 0.15) is 80.1 Å². The highest BCUT2D eigenvalue weighted by atomic mass is 16.4. The zero-order valence-corrected chi connectivity index (χ0v) is 18.9. The summed E-state index contributed by atoms with van der Waals surface area (Å²) >= 11 is 0. The maximum Gasteiger partial charge on any atom is 0.328 e. The molecule has 1 N–H and O–H groups in total. The molecule has 0 spiro atoms. The van der Waals surface area contributed by atoms with Crippen molar-refractivity contribution in [3.05, 3.63) is 34.9 Å². The number of hydrogen-bond acceptors (Lipinski definition) is 2. The largest absolute Gasteiger partial charge is 0.478 e. The molecule has 3 saturated carbocycles. The van der Waals surface area contributed by atoms with Gasteiger partial charge in [0.05, 0.1) is 0 Å². The van der Waals surface area contributed by atoms with Crippen molar-refractivity contribution in [1.82, 2.24) is 0 Å². The van der Waals surface area contributed by atoms with Crippen LogP contribution < -0.4 is 0 Å². The molecule has 4 aliphatic carbocycles. The molecule has 4 aliphatic rings. The van der Waals surface area contributed by atoms with E-state index in [9.17, 15) is 14.7 Å². The van der Waals surface area contributed by atoms with Gasteiger partial charge in [-0.05, 0) is 72.3 Å². The lowest BCUT2D eigenvalue weighted by Gasteiger charge is -2.69. The third-order valence-electron chi connectivity index (χ3n) is 9.90. The van der Waals surface area contributed by atoms with Crippen LogP contribution >= 0.6 is 0 Å². The molecule has 0 bridgehead atoms. The van der Waals surface area contributed by atoms with Crippen LogP contribution in [0.4, 0.5) is 0 Å². The van der Waals surface area contributed by atoms with E-state index in [4.69, 9.17) is 0 Å². The van der Waals surface area contributed by atoms with Crippen molar-refractivity contribution in [2.75, 3.05) is 0 Å². The molecule has 4 rings (SSSR count). The van der Waals surface area contributed by atoms with E-state index >= 15 is 0 Å². The summed E-state index contributed by atoms with van der Waals surface area (Å²) in [7, 11) is 0. The summed E-state index contributed by atoms with van der Waals surface area (Å²) in [6.45, 7) is 13.7. The van der Waals surface area contributed by atoms with Gasteiger partial charge in [-0.1, -0.05) is 52.3 Å². The first-order valence-corrected chi connectivity index (χ1v) is 11.3. The molecule has 0 aromatic carbocycles. The van der Waals surface area contributed by atoms with Crippen LogP contribution in [0.15, 0.2) is 34.9 Å². The van der Waals surface area contributed by atoms with E-state index in [0.717, 1.165) is 49.7 Å². The summed E-state index contributed by atoms with van der Waals surface area (Å²) in [6.07, 6.45) is 11.8. The molecule has 3 fully saturated rings. The van der Waals surface area contributed by atoms with Crippen molar-refractivity contribution in [1.29, 1.82) is 0 Å². The Kier molecular flexibility index (Phi) is 4.40. The highest BCUT2D eigenvalue weighted by Crippen LogP contribution is 2.74. The normalized spacial score (nSPS) is 48.2. The fourth-order valence-electron chi connectivity index (χ4n) is 7.89. The minimum absolute atomic E-state index is 0.0269. The van der Waals surface area contributed by atoms with Crippen molar-refractivity contribution in [2.45, 2.75) is 80.1 Å². The van der Waals surface area contributed by atoms with Gasteiger partial charge in [0.2, 0.25) is 0 Å². The first-order chi connectivity index (χ1) is 13.4. The second-order valence-electron chi connectivity index (χ2n) is 11.4. The highest BCUT2D eigenvalue weighted by Gasteiger charge is 2.66. The third-order valence-corrected chi connectivity index (χ3v) is 9.90. The number of carboxylic acid groups (broad SMARTS) is 1. The van der Waals surface area contributed by atoms with Crippen LogP contribution in [-0.4, -0.2) is 16.9 Å². The van der Waals surface area contributed by atoms with E-state index < -0.39 is 5.97 Å². The van der Waals surface area contributed by atoms with Gasteiger partial charge in [0.1, 0.15) is 5.78 Å². The van der Waals surface area contributed by atoms with Crippen molar-refractivity contribution in [3.63, 3.8) is 0 Å². The Morgan fingerprint density at radius 3 is 2.45 bits per heavy atom. The van der Waals surface area contributed by atoms with Crippen molar-refractivity contribution in [3.8, 4) is 0 Å². The van der Waals surface area contributed by atoms with E-state index in [1.165, 1.54) is 11.6 Å². The Morgan fingerprint density at radius 2 is 1.79 bits per heavy atom. The minimum atomic E-state index is -0.857. The number of ketones is 1. The molecular formula is C26H36O3. The van der Waals surface area contributed by atoms with E-state index in [-0.39, 0.29) is 27.6 Å². The summed E-state index contributed by atoms with van der Waals surface area (Å²) in [5, 5.41) is 9.52. The summed E-state index contributed by atoms with van der Waals surface area (Å²) in [5.74, 6) is 0.277. The second-order valence-corrected chi connectivity index (χ2v) is 11.4. The van der Waals surface area contributed by atoms with Gasteiger partial charge in [-0.3, -0.25) is 4.79 Å². The number of carbonyl (C=O) groups is 2. The van der Waals surface area contributed by atoms with Gasteiger partial charge in [0.25, 0.3) is 0 Å². The molecule has 0 unspecified atom stereocenters. The molecule has 0 aromatic rings. The number of allylic oxidation sites excluding steroid dienone is 5. The second kappa shape index (κ2) is 6.18. The Labute approximate surface area is 175 Å². The maximum atomic E-state index is 12.6. The van der Waals surface area contributed by atoms with E-state index in [1.807, 2.05) is 6.92 Å². The lowest BCUT2D eigenvalue weighted by Crippen LogP contribution is -2.61. The van der Waals surface area contributed by atoms with Gasteiger partial charge in [0.15, 0.2) is 0 Å². The molecule has 3 heteroatoms. The van der Waals surface area contributed by atoms with E-state index in [1.54, 1.807) is 0 Å². The third kappa shape index (κ3) is 2.61. The van der Waals surface area contributed by atoms with Crippen LogP contribution in [0.3, 0.4) is 0 Å². The standard InChI is InChI=1S/C26H36O3/c1-16-7-8-20-24(4,18(16)14-22(28)29)10-12-26(6)21-13-17(2)19(27)15-23(21,3)9-11-25(20,26)5/h7-8,14,17,21H,9-13,15H2,1-6H3,(H,28,29)/b18-14+/t17-,21-,23+,24+,25-,26+/m1/s1. The molecule has 0 aliphatic heterocycles. The first-order valence-electron chi connectivity index (χ1n) is 11.3. The van der Waals surface area contributed by atoms with Gasteiger partial charge >= 0.3 is 5.97 Å². The molecule has 29 heavy (non-hydrogen) atoms. The molecule has 0 amide bonds. The van der Waals surface area contributed by atoms with Crippen molar-refractivity contribution in [2.24, 2.45) is 33.5 Å². The van der Waals surface area contributed by atoms with Gasteiger partial charge in [-0.15, -0.1) is 0 Å². The molecule has 0 heterocycles. The average molecular weight is 397 g/mol. The summed E-state index contributed by atoms with van der Waals surface area (Å²) in [4.78, 5) is 24.2. The number of carbonyl (C=O) groups excluding carboxylic acids is 1. The molecule has 6 atom stereocenters. The van der Waals surface area contributed by atoms with Crippen LogP contribution in [0.25, 0.3) is 0 Å². The van der Waals surface area contributed by atoms with E-state index in [2.05, 4.69) is 46.8 Å². The van der Waals surface area contributed by atoms with Crippen LogP contribution in [0, 0.1) is 33.5 Å². The fraction of sp³-hybridized carbons (Fsp3) is 0.692. The maximum absolute atomic E-state index is 12.6. The number of fused-ring (bicyclic) bond motifs is 5. The molecule has 0 aromatic heterocycles. The molecule has 158 valence electrons. The lowest BCUT2D eigenvalue weighted by molar-refractivity contribution is -0.161. The SMILES string of the molecule is CC1=CC=C2[C@@](C)(CC[C@@]3(C)[C@@H]4C[C@@H](C)C(=O)C[C@]4(C)CC[C@]23C)/C1=C/C(=O)O. The van der Waals surface area contributed by atoms with Gasteiger partial charge < -0.3 is 5.11 Å². The van der Waals surface area contributed by atoms with Gasteiger partial charge in [-0.2, -0.15) is 0 Å². The fourth-order valence-corrected chi connectivity index (χ4v) is 7.89. The first kappa shape index (κ1) is 20.6.